The summed E-state index contributed by atoms with van der Waals surface area (Å²) in [6.45, 7) is 5.53. The molecule has 0 spiro atoms. The Morgan fingerprint density at radius 2 is 1.59 bits per heavy atom. The van der Waals surface area contributed by atoms with Crippen molar-refractivity contribution < 1.29 is 27.5 Å². The van der Waals surface area contributed by atoms with E-state index in [1.807, 2.05) is 13.8 Å². The second-order valence-corrected chi connectivity index (χ2v) is 12.9. The van der Waals surface area contributed by atoms with Crippen LogP contribution in [0, 0.1) is 6.92 Å². The second-order valence-electron chi connectivity index (χ2n) is 10.2. The Kier molecular flexibility index (Phi) is 12.7. The van der Waals surface area contributed by atoms with E-state index in [0.717, 1.165) is 22.7 Å². The van der Waals surface area contributed by atoms with E-state index in [9.17, 15) is 18.0 Å². The lowest BCUT2D eigenvalue weighted by Crippen LogP contribution is -2.52. The summed E-state index contributed by atoms with van der Waals surface area (Å²) < 4.78 is 40.0. The maximum Gasteiger partial charge on any atom is 0.264 e. The summed E-state index contributed by atoms with van der Waals surface area (Å²) in [6, 6.07) is 15.0. The van der Waals surface area contributed by atoms with E-state index in [4.69, 9.17) is 32.7 Å². The van der Waals surface area contributed by atoms with E-state index in [2.05, 4.69) is 5.32 Å². The van der Waals surface area contributed by atoms with E-state index < -0.39 is 28.5 Å². The average Bonchev–Trinajstić information content (AvgIpc) is 3.01. The van der Waals surface area contributed by atoms with Crippen LogP contribution in [0.1, 0.15) is 44.2 Å². The van der Waals surface area contributed by atoms with Gasteiger partial charge >= 0.3 is 0 Å². The van der Waals surface area contributed by atoms with Gasteiger partial charge in [-0.3, -0.25) is 13.9 Å². The number of benzene rings is 3. The third-order valence-electron chi connectivity index (χ3n) is 7.10. The van der Waals surface area contributed by atoms with Crippen LogP contribution in [0.3, 0.4) is 0 Å². The van der Waals surface area contributed by atoms with Gasteiger partial charge in [-0.1, -0.05) is 67.2 Å². The highest BCUT2D eigenvalue weighted by molar-refractivity contribution is 7.92. The van der Waals surface area contributed by atoms with Crippen molar-refractivity contribution in [2.75, 3.05) is 31.6 Å². The summed E-state index contributed by atoms with van der Waals surface area (Å²) in [5.74, 6) is -0.227. The first kappa shape index (κ1) is 35.0. The molecule has 0 saturated carbocycles. The van der Waals surface area contributed by atoms with Crippen LogP contribution in [-0.2, 0) is 26.2 Å². The monoisotopic (exact) mass is 663 g/mol. The van der Waals surface area contributed by atoms with Crippen LogP contribution in [0.2, 0.25) is 10.0 Å². The molecule has 9 nitrogen and oxygen atoms in total. The van der Waals surface area contributed by atoms with Gasteiger partial charge in [0.15, 0.2) is 11.5 Å². The Morgan fingerprint density at radius 3 is 2.18 bits per heavy atom. The fraction of sp³-hybridized carbons (Fsp3) is 0.375. The van der Waals surface area contributed by atoms with Gasteiger partial charge in [-0.25, -0.2) is 8.42 Å². The summed E-state index contributed by atoms with van der Waals surface area (Å²) in [4.78, 5) is 29.0. The molecule has 0 heterocycles. The summed E-state index contributed by atoms with van der Waals surface area (Å²) in [5.41, 5.74) is 1.70. The highest BCUT2D eigenvalue weighted by Gasteiger charge is 2.34. The molecule has 0 unspecified atom stereocenters. The minimum absolute atomic E-state index is 0.000219. The molecule has 0 aliphatic carbocycles. The number of ether oxygens (including phenoxy) is 2. The number of methoxy groups -OCH3 is 2. The largest absolute Gasteiger partial charge is 0.493 e. The molecule has 3 rings (SSSR count). The Balaban J connectivity index is 2.11. The summed E-state index contributed by atoms with van der Waals surface area (Å²) >= 11 is 12.4. The van der Waals surface area contributed by atoms with E-state index in [1.54, 1.807) is 49.4 Å². The van der Waals surface area contributed by atoms with E-state index in [1.165, 1.54) is 37.3 Å². The van der Waals surface area contributed by atoms with Crippen LogP contribution < -0.4 is 19.1 Å². The van der Waals surface area contributed by atoms with Crippen LogP contribution in [0.15, 0.2) is 65.6 Å². The van der Waals surface area contributed by atoms with Crippen LogP contribution in [0.25, 0.3) is 0 Å². The van der Waals surface area contributed by atoms with Crippen molar-refractivity contribution in [3.8, 4) is 11.5 Å². The number of carbonyl (C=O) groups excluding carboxylic acids is 2. The minimum Gasteiger partial charge on any atom is -0.493 e. The molecule has 1 N–H and O–H groups in total. The maximum atomic E-state index is 14.3. The number of rotatable bonds is 15. The number of nitrogens with zero attached hydrogens (tertiary/aromatic N) is 2. The molecule has 2 amide bonds. The van der Waals surface area contributed by atoms with Gasteiger partial charge in [-0.05, 0) is 61.7 Å². The molecule has 0 fully saturated rings. The van der Waals surface area contributed by atoms with Gasteiger partial charge in [0.1, 0.15) is 12.6 Å². The lowest BCUT2D eigenvalue weighted by molar-refractivity contribution is -0.140. The van der Waals surface area contributed by atoms with Crippen LogP contribution in [-0.4, -0.2) is 58.5 Å². The average molecular weight is 665 g/mol. The number of nitrogens with one attached hydrogen (secondary N) is 1. The Morgan fingerprint density at radius 1 is 0.909 bits per heavy atom. The highest BCUT2D eigenvalue weighted by atomic mass is 35.5. The first-order valence-electron chi connectivity index (χ1n) is 14.3. The lowest BCUT2D eigenvalue weighted by Gasteiger charge is -2.33. The van der Waals surface area contributed by atoms with Crippen LogP contribution in [0.4, 0.5) is 5.69 Å². The molecule has 44 heavy (non-hydrogen) atoms. The van der Waals surface area contributed by atoms with Crippen LogP contribution >= 0.6 is 23.2 Å². The van der Waals surface area contributed by atoms with Crippen LogP contribution in [0.5, 0.6) is 11.5 Å². The van der Waals surface area contributed by atoms with Crippen molar-refractivity contribution in [1.82, 2.24) is 10.2 Å². The fourth-order valence-corrected chi connectivity index (χ4v) is 6.33. The Labute approximate surface area is 270 Å². The second kappa shape index (κ2) is 16.0. The van der Waals surface area contributed by atoms with Crippen molar-refractivity contribution in [2.45, 2.75) is 57.5 Å². The normalized spacial score (nSPS) is 11.9. The molecule has 1 atom stereocenters. The van der Waals surface area contributed by atoms with Crippen molar-refractivity contribution >= 4 is 50.7 Å². The van der Waals surface area contributed by atoms with Crippen molar-refractivity contribution in [3.05, 3.63) is 81.8 Å². The van der Waals surface area contributed by atoms with Gasteiger partial charge in [0.05, 0.1) is 34.8 Å². The van der Waals surface area contributed by atoms with Gasteiger partial charge < -0.3 is 19.7 Å². The maximum absolute atomic E-state index is 14.3. The molecule has 0 aromatic heterocycles. The number of unbranched alkanes of at least 4 members (excludes halogenated alkanes) is 1. The molecule has 3 aromatic rings. The molecule has 0 bridgehead atoms. The van der Waals surface area contributed by atoms with E-state index in [-0.39, 0.29) is 28.8 Å². The zero-order chi connectivity index (χ0) is 32.4. The third-order valence-corrected chi connectivity index (χ3v) is 9.62. The van der Waals surface area contributed by atoms with Gasteiger partial charge in [-0.2, -0.15) is 0 Å². The smallest absolute Gasteiger partial charge is 0.264 e. The summed E-state index contributed by atoms with van der Waals surface area (Å²) in [7, 11) is -1.34. The Hall–Kier alpha value is -3.47. The number of carbonyl (C=O) groups is 2. The van der Waals surface area contributed by atoms with Gasteiger partial charge in [-0.15, -0.1) is 0 Å². The van der Waals surface area contributed by atoms with Gasteiger partial charge in [0, 0.05) is 19.2 Å². The molecule has 0 aliphatic heterocycles. The molecule has 238 valence electrons. The van der Waals surface area contributed by atoms with Gasteiger partial charge in [0.2, 0.25) is 11.8 Å². The topological polar surface area (TPSA) is 105 Å². The molecular formula is C32H39Cl2N3O6S. The first-order chi connectivity index (χ1) is 21.0. The number of sulfonamides is 1. The third kappa shape index (κ3) is 8.58. The zero-order valence-corrected chi connectivity index (χ0v) is 27.9. The fourth-order valence-electron chi connectivity index (χ4n) is 4.61. The minimum atomic E-state index is -4.25. The number of amides is 2. The molecule has 0 saturated heterocycles. The SMILES string of the molecule is CCCCNC(=O)[C@H](CC)N(Cc1ccc(Cl)c(Cl)c1)C(=O)CN(c1ccc(OC)c(OC)c1)S(=O)(=O)c1ccc(C)cc1. The molecular weight excluding hydrogens is 625 g/mol. The highest BCUT2D eigenvalue weighted by Crippen LogP contribution is 2.34. The zero-order valence-electron chi connectivity index (χ0n) is 25.6. The number of anilines is 1. The number of hydrogen-bond donors (Lipinski definition) is 1. The molecule has 0 radical (unpaired) electrons. The number of halogens is 2. The predicted octanol–water partition coefficient (Wildman–Crippen LogP) is 6.24. The molecule has 0 aliphatic rings. The van der Waals surface area contributed by atoms with E-state index in [0.29, 0.717) is 34.3 Å². The standard InChI is InChI=1S/C32H39Cl2N3O6S/c1-6-8-17-35-32(39)28(7-2)36(20-23-11-15-26(33)27(34)18-23)31(38)21-37(24-12-16-29(42-4)30(19-24)43-5)44(40,41)25-13-9-22(3)10-14-25/h9-16,18-19,28H,6-8,17,20-21H2,1-5H3,(H,35,39)/t28-/m0/s1. The number of aryl methyl sites for hydroxylation is 1. The molecule has 12 heteroatoms. The number of hydrogen-bond acceptors (Lipinski definition) is 6. The van der Waals surface area contributed by atoms with Crippen molar-refractivity contribution in [3.63, 3.8) is 0 Å². The molecule has 3 aromatic carbocycles. The summed E-state index contributed by atoms with van der Waals surface area (Å²) in [6.07, 6.45) is 1.97. The quantitative estimate of drug-likeness (QED) is 0.193. The Bertz CT molecular complexity index is 1550. The summed E-state index contributed by atoms with van der Waals surface area (Å²) in [5, 5.41) is 3.55. The van der Waals surface area contributed by atoms with E-state index >= 15 is 0 Å². The predicted molar refractivity (Wildman–Crippen MR) is 174 cm³/mol. The first-order valence-corrected chi connectivity index (χ1v) is 16.5. The van der Waals surface area contributed by atoms with Crippen molar-refractivity contribution in [2.24, 2.45) is 0 Å². The van der Waals surface area contributed by atoms with Gasteiger partial charge in [0.25, 0.3) is 10.0 Å². The van der Waals surface area contributed by atoms with Crippen molar-refractivity contribution in [1.29, 1.82) is 0 Å². The lowest BCUT2D eigenvalue weighted by atomic mass is 10.1.